The lowest BCUT2D eigenvalue weighted by atomic mass is 9.64. The molecule has 1 saturated carbocycles. The standard InChI is InChI=1S/C18H28N2/c1-17(2,3)14-8-10-18(19,11-9-14)15-7-6-13-5-4-12-20-16(13)15/h4-5,12,14-15H,6-11,19H2,1-3H3. The highest BCUT2D eigenvalue weighted by Gasteiger charge is 2.44. The molecule has 0 amide bonds. The zero-order valence-corrected chi connectivity index (χ0v) is 13.2. The van der Waals surface area contributed by atoms with Gasteiger partial charge in [0.15, 0.2) is 0 Å². The van der Waals surface area contributed by atoms with Crippen LogP contribution in [0.1, 0.15) is 70.1 Å². The van der Waals surface area contributed by atoms with Gasteiger partial charge in [-0.2, -0.15) is 0 Å². The molecule has 1 fully saturated rings. The minimum absolute atomic E-state index is 0.0125. The molecule has 2 heteroatoms. The topological polar surface area (TPSA) is 38.9 Å². The van der Waals surface area contributed by atoms with Gasteiger partial charge in [-0.3, -0.25) is 4.98 Å². The third-order valence-electron chi connectivity index (χ3n) is 5.79. The fourth-order valence-electron chi connectivity index (χ4n) is 4.34. The van der Waals surface area contributed by atoms with E-state index in [2.05, 4.69) is 37.9 Å². The molecule has 1 atom stereocenters. The van der Waals surface area contributed by atoms with Crippen molar-refractivity contribution in [1.29, 1.82) is 0 Å². The van der Waals surface area contributed by atoms with Gasteiger partial charge in [-0.1, -0.05) is 26.8 Å². The van der Waals surface area contributed by atoms with Gasteiger partial charge in [-0.05, 0) is 61.5 Å². The highest BCUT2D eigenvalue weighted by Crippen LogP contribution is 2.48. The lowest BCUT2D eigenvalue weighted by molar-refractivity contribution is 0.119. The first kappa shape index (κ1) is 14.1. The zero-order chi connectivity index (χ0) is 14.4. The summed E-state index contributed by atoms with van der Waals surface area (Å²) in [5, 5.41) is 0. The molecule has 0 radical (unpaired) electrons. The molecule has 0 bridgehead atoms. The summed E-state index contributed by atoms with van der Waals surface area (Å²) in [5.74, 6) is 1.31. The molecule has 20 heavy (non-hydrogen) atoms. The van der Waals surface area contributed by atoms with Crippen molar-refractivity contribution in [2.45, 2.75) is 70.8 Å². The average Bonchev–Trinajstić information content (AvgIpc) is 2.82. The highest BCUT2D eigenvalue weighted by atomic mass is 14.8. The Bertz CT molecular complexity index is 478. The lowest BCUT2D eigenvalue weighted by Crippen LogP contribution is -2.49. The SMILES string of the molecule is CC(C)(C)C1CCC(N)(C2CCc3cccnc32)CC1. The Morgan fingerprint density at radius 3 is 2.55 bits per heavy atom. The van der Waals surface area contributed by atoms with E-state index in [4.69, 9.17) is 5.73 Å². The minimum atomic E-state index is -0.0125. The number of hydrogen-bond acceptors (Lipinski definition) is 2. The van der Waals surface area contributed by atoms with E-state index in [1.54, 1.807) is 0 Å². The predicted octanol–water partition coefficient (Wildman–Crippen LogP) is 4.05. The van der Waals surface area contributed by atoms with Gasteiger partial charge in [-0.15, -0.1) is 0 Å². The van der Waals surface area contributed by atoms with Gasteiger partial charge >= 0.3 is 0 Å². The molecule has 2 N–H and O–H groups in total. The second kappa shape index (κ2) is 4.84. The summed E-state index contributed by atoms with van der Waals surface area (Å²) in [4.78, 5) is 4.65. The Morgan fingerprint density at radius 1 is 1.20 bits per heavy atom. The number of aryl methyl sites for hydroxylation is 1. The summed E-state index contributed by atoms with van der Waals surface area (Å²) >= 11 is 0. The minimum Gasteiger partial charge on any atom is -0.324 e. The maximum Gasteiger partial charge on any atom is 0.0484 e. The third kappa shape index (κ3) is 2.39. The zero-order valence-electron chi connectivity index (χ0n) is 13.2. The third-order valence-corrected chi connectivity index (χ3v) is 5.79. The first-order chi connectivity index (χ1) is 9.40. The number of fused-ring (bicyclic) bond motifs is 1. The summed E-state index contributed by atoms with van der Waals surface area (Å²) < 4.78 is 0. The van der Waals surface area contributed by atoms with E-state index in [1.165, 1.54) is 30.5 Å². The molecule has 1 aromatic rings. The Labute approximate surface area is 123 Å². The van der Waals surface area contributed by atoms with E-state index in [9.17, 15) is 0 Å². The van der Waals surface area contributed by atoms with Crippen LogP contribution in [0, 0.1) is 11.3 Å². The summed E-state index contributed by atoms with van der Waals surface area (Å²) in [6.07, 6.45) is 9.17. The molecule has 110 valence electrons. The first-order valence-corrected chi connectivity index (χ1v) is 8.13. The van der Waals surface area contributed by atoms with E-state index in [0.717, 1.165) is 25.2 Å². The quantitative estimate of drug-likeness (QED) is 0.837. The van der Waals surface area contributed by atoms with Crippen molar-refractivity contribution in [2.75, 3.05) is 0 Å². The monoisotopic (exact) mass is 272 g/mol. The van der Waals surface area contributed by atoms with Crippen LogP contribution in [0.3, 0.4) is 0 Å². The maximum atomic E-state index is 6.84. The van der Waals surface area contributed by atoms with Crippen molar-refractivity contribution in [3.8, 4) is 0 Å². The van der Waals surface area contributed by atoms with E-state index in [0.29, 0.717) is 11.3 Å². The Kier molecular flexibility index (Phi) is 3.40. The number of hydrogen-bond donors (Lipinski definition) is 1. The van der Waals surface area contributed by atoms with Gasteiger partial charge in [0, 0.05) is 23.3 Å². The van der Waals surface area contributed by atoms with Crippen molar-refractivity contribution < 1.29 is 0 Å². The Hall–Kier alpha value is -0.890. The number of nitrogens with zero attached hydrogens (tertiary/aromatic N) is 1. The van der Waals surface area contributed by atoms with Crippen molar-refractivity contribution in [2.24, 2.45) is 17.1 Å². The second-order valence-corrected chi connectivity index (χ2v) is 8.01. The first-order valence-electron chi connectivity index (χ1n) is 8.13. The van der Waals surface area contributed by atoms with Crippen LogP contribution in [0.2, 0.25) is 0 Å². The largest absolute Gasteiger partial charge is 0.324 e. The van der Waals surface area contributed by atoms with Crippen LogP contribution in [0.25, 0.3) is 0 Å². The van der Waals surface area contributed by atoms with Crippen LogP contribution in [0.5, 0.6) is 0 Å². The molecule has 0 aromatic carbocycles. The van der Waals surface area contributed by atoms with E-state index >= 15 is 0 Å². The van der Waals surface area contributed by atoms with Crippen LogP contribution in [-0.2, 0) is 6.42 Å². The summed E-state index contributed by atoms with van der Waals surface area (Å²) in [6.45, 7) is 7.11. The molecule has 1 unspecified atom stereocenters. The molecule has 0 saturated heterocycles. The number of aromatic nitrogens is 1. The second-order valence-electron chi connectivity index (χ2n) is 8.01. The fourth-order valence-corrected chi connectivity index (χ4v) is 4.34. The lowest BCUT2D eigenvalue weighted by Gasteiger charge is -2.45. The maximum absolute atomic E-state index is 6.84. The van der Waals surface area contributed by atoms with E-state index in [-0.39, 0.29) is 5.54 Å². The summed E-state index contributed by atoms with van der Waals surface area (Å²) in [7, 11) is 0. The smallest absolute Gasteiger partial charge is 0.0484 e. The molecule has 0 aliphatic heterocycles. The molecule has 2 nitrogen and oxygen atoms in total. The Balaban J connectivity index is 1.76. The predicted molar refractivity (Wildman–Crippen MR) is 83.6 cm³/mol. The van der Waals surface area contributed by atoms with E-state index in [1.807, 2.05) is 6.20 Å². The average molecular weight is 272 g/mol. The van der Waals surface area contributed by atoms with Gasteiger partial charge < -0.3 is 5.73 Å². The van der Waals surface area contributed by atoms with Gasteiger partial charge in [0.25, 0.3) is 0 Å². The number of rotatable bonds is 1. The molecular weight excluding hydrogens is 244 g/mol. The fraction of sp³-hybridized carbons (Fsp3) is 0.722. The molecule has 2 aliphatic carbocycles. The summed E-state index contributed by atoms with van der Waals surface area (Å²) in [5.41, 5.74) is 9.98. The number of nitrogens with two attached hydrogens (primary N) is 1. The van der Waals surface area contributed by atoms with Crippen LogP contribution >= 0.6 is 0 Å². The molecule has 3 rings (SSSR count). The van der Waals surface area contributed by atoms with Crippen molar-refractivity contribution in [1.82, 2.24) is 4.98 Å². The van der Waals surface area contributed by atoms with Crippen LogP contribution in [0.15, 0.2) is 18.3 Å². The normalized spacial score (nSPS) is 34.0. The molecule has 1 aromatic heterocycles. The molecule has 2 aliphatic rings. The Morgan fingerprint density at radius 2 is 1.90 bits per heavy atom. The van der Waals surface area contributed by atoms with Gasteiger partial charge in [0.1, 0.15) is 0 Å². The van der Waals surface area contributed by atoms with Crippen LogP contribution < -0.4 is 5.73 Å². The number of pyridine rings is 1. The van der Waals surface area contributed by atoms with Crippen LogP contribution in [0.4, 0.5) is 0 Å². The van der Waals surface area contributed by atoms with Crippen molar-refractivity contribution in [3.05, 3.63) is 29.6 Å². The summed E-state index contributed by atoms with van der Waals surface area (Å²) in [6, 6.07) is 4.29. The van der Waals surface area contributed by atoms with E-state index < -0.39 is 0 Å². The molecule has 0 spiro atoms. The van der Waals surface area contributed by atoms with Gasteiger partial charge in [0.05, 0.1) is 0 Å². The highest BCUT2D eigenvalue weighted by molar-refractivity contribution is 5.32. The van der Waals surface area contributed by atoms with Crippen molar-refractivity contribution >= 4 is 0 Å². The molecular formula is C18H28N2. The van der Waals surface area contributed by atoms with Crippen molar-refractivity contribution in [3.63, 3.8) is 0 Å². The molecule has 1 heterocycles. The van der Waals surface area contributed by atoms with Crippen LogP contribution in [-0.4, -0.2) is 10.5 Å². The van der Waals surface area contributed by atoms with Gasteiger partial charge in [0.2, 0.25) is 0 Å². The van der Waals surface area contributed by atoms with Gasteiger partial charge in [-0.25, -0.2) is 0 Å².